The lowest BCUT2D eigenvalue weighted by molar-refractivity contribution is -0.126. The van der Waals surface area contributed by atoms with E-state index in [1.54, 1.807) is 0 Å². The van der Waals surface area contributed by atoms with Crippen molar-refractivity contribution in [2.24, 2.45) is 5.92 Å². The zero-order valence-corrected chi connectivity index (χ0v) is 11.1. The molecular weight excluding hydrogens is 266 g/mol. The maximum atomic E-state index is 11.4. The van der Waals surface area contributed by atoms with E-state index in [9.17, 15) is 13.2 Å². The number of nitrogens with zero attached hydrogens (tertiary/aromatic N) is 1. The van der Waals surface area contributed by atoms with Gasteiger partial charge in [0.25, 0.3) is 0 Å². The van der Waals surface area contributed by atoms with E-state index in [1.165, 1.54) is 4.31 Å². The molecule has 0 saturated carbocycles. The lowest BCUT2D eigenvalue weighted by Crippen LogP contribution is -2.51. The van der Waals surface area contributed by atoms with Crippen LogP contribution in [0.3, 0.4) is 0 Å². The van der Waals surface area contributed by atoms with Crippen LogP contribution in [-0.4, -0.2) is 57.1 Å². The first-order valence-corrected chi connectivity index (χ1v) is 7.17. The number of hydrogen-bond donors (Lipinski definition) is 2. The number of sulfonamides is 1. The number of amides is 1. The molecule has 8 heteroatoms. The molecule has 0 radical (unpaired) electrons. The summed E-state index contributed by atoms with van der Waals surface area (Å²) < 4.78 is 24.3. The standard InChI is InChI=1S/C9H17N3O3S.ClH/c13-9(8-6-10-7-8)11-2-4-12-3-1-5-16(12,14)15;/h8,10H,1-7H2,(H,11,13);1H. The van der Waals surface area contributed by atoms with Crippen molar-refractivity contribution in [3.8, 4) is 0 Å². The Bertz CT molecular complexity index is 370. The van der Waals surface area contributed by atoms with Crippen molar-refractivity contribution in [3.63, 3.8) is 0 Å². The second-order valence-corrected chi connectivity index (χ2v) is 6.30. The van der Waals surface area contributed by atoms with Gasteiger partial charge in [-0.1, -0.05) is 0 Å². The van der Waals surface area contributed by atoms with E-state index < -0.39 is 10.0 Å². The smallest absolute Gasteiger partial charge is 0.225 e. The summed E-state index contributed by atoms with van der Waals surface area (Å²) >= 11 is 0. The Balaban J connectivity index is 0.00000144. The van der Waals surface area contributed by atoms with Gasteiger partial charge in [0.15, 0.2) is 0 Å². The van der Waals surface area contributed by atoms with E-state index >= 15 is 0 Å². The van der Waals surface area contributed by atoms with Gasteiger partial charge in [-0.05, 0) is 6.42 Å². The van der Waals surface area contributed by atoms with Crippen LogP contribution in [0.5, 0.6) is 0 Å². The fourth-order valence-electron chi connectivity index (χ4n) is 1.86. The molecule has 6 nitrogen and oxygen atoms in total. The van der Waals surface area contributed by atoms with Crippen LogP contribution in [0.1, 0.15) is 6.42 Å². The van der Waals surface area contributed by atoms with E-state index in [0.717, 1.165) is 13.1 Å². The number of hydrogen-bond acceptors (Lipinski definition) is 4. The average molecular weight is 284 g/mol. The minimum atomic E-state index is -3.03. The molecule has 2 aliphatic rings. The Morgan fingerprint density at radius 3 is 2.59 bits per heavy atom. The maximum Gasteiger partial charge on any atom is 0.225 e. The fraction of sp³-hybridized carbons (Fsp3) is 0.889. The van der Waals surface area contributed by atoms with Gasteiger partial charge in [0, 0.05) is 32.7 Å². The van der Waals surface area contributed by atoms with Gasteiger partial charge < -0.3 is 10.6 Å². The molecule has 1 amide bonds. The molecule has 2 fully saturated rings. The third-order valence-corrected chi connectivity index (χ3v) is 4.97. The van der Waals surface area contributed by atoms with Gasteiger partial charge in [-0.3, -0.25) is 4.79 Å². The topological polar surface area (TPSA) is 78.5 Å². The van der Waals surface area contributed by atoms with Crippen molar-refractivity contribution in [2.45, 2.75) is 6.42 Å². The van der Waals surface area contributed by atoms with Crippen LogP contribution < -0.4 is 10.6 Å². The highest BCUT2D eigenvalue weighted by atomic mass is 35.5. The van der Waals surface area contributed by atoms with Crippen LogP contribution in [0.2, 0.25) is 0 Å². The van der Waals surface area contributed by atoms with Gasteiger partial charge in [0.1, 0.15) is 0 Å². The summed E-state index contributed by atoms with van der Waals surface area (Å²) in [7, 11) is -3.03. The largest absolute Gasteiger partial charge is 0.354 e. The molecule has 0 unspecified atom stereocenters. The number of carbonyl (C=O) groups excluding carboxylic acids is 1. The number of carbonyl (C=O) groups is 1. The van der Waals surface area contributed by atoms with Gasteiger partial charge in [0.2, 0.25) is 15.9 Å². The van der Waals surface area contributed by atoms with E-state index in [2.05, 4.69) is 10.6 Å². The minimum absolute atomic E-state index is 0. The predicted molar refractivity (Wildman–Crippen MR) is 66.6 cm³/mol. The predicted octanol–water partition coefficient (Wildman–Crippen LogP) is -1.22. The molecule has 2 saturated heterocycles. The molecule has 0 atom stereocenters. The monoisotopic (exact) mass is 283 g/mol. The number of rotatable bonds is 4. The maximum absolute atomic E-state index is 11.4. The molecule has 2 heterocycles. The molecule has 100 valence electrons. The molecule has 0 aromatic carbocycles. The van der Waals surface area contributed by atoms with Gasteiger partial charge in [0.05, 0.1) is 11.7 Å². The SMILES string of the molecule is Cl.O=C(NCCN1CCCS1(=O)=O)C1CNC1. The Labute approximate surface area is 108 Å². The minimum Gasteiger partial charge on any atom is -0.354 e. The Morgan fingerprint density at radius 2 is 2.12 bits per heavy atom. The van der Waals surface area contributed by atoms with Gasteiger partial charge >= 0.3 is 0 Å². The number of halogens is 1. The highest BCUT2D eigenvalue weighted by Crippen LogP contribution is 2.11. The van der Waals surface area contributed by atoms with Crippen molar-refractivity contribution >= 4 is 28.3 Å². The van der Waals surface area contributed by atoms with Crippen LogP contribution in [0.25, 0.3) is 0 Å². The molecule has 17 heavy (non-hydrogen) atoms. The zero-order valence-electron chi connectivity index (χ0n) is 9.52. The number of nitrogens with one attached hydrogen (secondary N) is 2. The van der Waals surface area contributed by atoms with Gasteiger partial charge in [-0.15, -0.1) is 12.4 Å². The first-order chi connectivity index (χ1) is 7.59. The lowest BCUT2D eigenvalue weighted by atomic mass is 10.0. The quantitative estimate of drug-likeness (QED) is 0.678. The van der Waals surface area contributed by atoms with Crippen LogP contribution in [-0.2, 0) is 14.8 Å². The van der Waals surface area contributed by atoms with Crippen LogP contribution in [0.4, 0.5) is 0 Å². The van der Waals surface area contributed by atoms with E-state index in [-0.39, 0.29) is 30.0 Å². The lowest BCUT2D eigenvalue weighted by Gasteiger charge is -2.26. The summed E-state index contributed by atoms with van der Waals surface area (Å²) in [5.41, 5.74) is 0. The average Bonchev–Trinajstić information content (AvgIpc) is 2.43. The molecule has 2 aliphatic heterocycles. The molecule has 0 aromatic rings. The van der Waals surface area contributed by atoms with Gasteiger partial charge in [-0.25, -0.2) is 12.7 Å². The molecule has 2 rings (SSSR count). The van der Waals surface area contributed by atoms with Crippen molar-refractivity contribution < 1.29 is 13.2 Å². The van der Waals surface area contributed by atoms with Gasteiger partial charge in [-0.2, -0.15) is 0 Å². The highest BCUT2D eigenvalue weighted by Gasteiger charge is 2.28. The molecule has 0 aromatic heterocycles. The normalized spacial score (nSPS) is 23.8. The Hall–Kier alpha value is -0.370. The molecule has 2 N–H and O–H groups in total. The van der Waals surface area contributed by atoms with Crippen molar-refractivity contribution in [1.82, 2.24) is 14.9 Å². The third-order valence-electron chi connectivity index (χ3n) is 3.02. The summed E-state index contributed by atoms with van der Waals surface area (Å²) in [5, 5.41) is 5.78. The molecule has 0 spiro atoms. The first kappa shape index (κ1) is 14.7. The summed E-state index contributed by atoms with van der Waals surface area (Å²) in [5.74, 6) is 0.332. The van der Waals surface area contributed by atoms with Crippen LogP contribution in [0.15, 0.2) is 0 Å². The Kier molecular flexibility index (Phi) is 5.18. The summed E-state index contributed by atoms with van der Waals surface area (Å²) in [6.45, 7) is 2.85. The van der Waals surface area contributed by atoms with E-state index in [0.29, 0.717) is 26.1 Å². The van der Waals surface area contributed by atoms with Crippen LogP contribution >= 0.6 is 12.4 Å². The molecular formula is C9H18ClN3O3S. The summed E-state index contributed by atoms with van der Waals surface area (Å²) in [4.78, 5) is 11.4. The zero-order chi connectivity index (χ0) is 11.6. The Morgan fingerprint density at radius 1 is 1.41 bits per heavy atom. The second kappa shape index (κ2) is 5.99. The van der Waals surface area contributed by atoms with Crippen molar-refractivity contribution in [2.75, 3.05) is 38.5 Å². The van der Waals surface area contributed by atoms with Crippen LogP contribution in [0, 0.1) is 5.92 Å². The third kappa shape index (κ3) is 3.54. The van der Waals surface area contributed by atoms with E-state index in [4.69, 9.17) is 0 Å². The summed E-state index contributed by atoms with van der Waals surface area (Å²) in [6.07, 6.45) is 0.697. The summed E-state index contributed by atoms with van der Waals surface area (Å²) in [6, 6.07) is 0. The second-order valence-electron chi connectivity index (χ2n) is 4.21. The first-order valence-electron chi connectivity index (χ1n) is 5.56. The highest BCUT2D eigenvalue weighted by molar-refractivity contribution is 7.89. The fourth-order valence-corrected chi connectivity index (χ4v) is 3.39. The van der Waals surface area contributed by atoms with Crippen molar-refractivity contribution in [3.05, 3.63) is 0 Å². The molecule has 0 aliphatic carbocycles. The van der Waals surface area contributed by atoms with E-state index in [1.807, 2.05) is 0 Å². The molecule has 0 bridgehead atoms. The van der Waals surface area contributed by atoms with Crippen molar-refractivity contribution in [1.29, 1.82) is 0 Å².